The molecule has 16 nitrogen and oxygen atoms in total. The standard InChI is InChI=1S/C93H154O16P2/c1-4-7-10-13-16-19-22-25-28-31-34-37-39-41-43-45-47-50-52-55-58-61-64-67-70-73-76-79-91(96)103-82-88(94)83-105-110(99,100)106-84-89(95)85-107-111(101,102)108-87-90(109-93(98)81-78-75-72-69-66-63-60-57-54-49-36-33-30-27-24-21-18-15-12-9-6-3)86-104-92(97)80-77-74-71-68-65-62-59-56-53-51-48-46-44-42-40-38-35-32-29-26-23-20-17-14-11-8-5-2/h7-8,10-11,16-21,25-30,34-38,41-44,47,49-50,57,60,88-90,94-95H,4-6,9,12-15,22-24,31-33,39-40,45-46,48,51-56,58-59,61-87H2,1-3H3,(H,99,100)(H,101,102)/b10-7-,11-8-,19-16-,20-17-,21-18-,28-25-,29-26-,30-27-,37-34-,38-35-,43-41-,44-42-,49-36-,50-47-,60-57-. The minimum absolute atomic E-state index is 0.0771. The molecule has 111 heavy (non-hydrogen) atoms. The second kappa shape index (κ2) is 84.1. The van der Waals surface area contributed by atoms with Gasteiger partial charge in [0.25, 0.3) is 0 Å². The minimum Gasteiger partial charge on any atom is -0.463 e. The molecule has 5 atom stereocenters. The van der Waals surface area contributed by atoms with E-state index in [1.54, 1.807) is 0 Å². The van der Waals surface area contributed by atoms with Crippen LogP contribution in [0.3, 0.4) is 0 Å². The summed E-state index contributed by atoms with van der Waals surface area (Å²) < 4.78 is 61.4. The number of hydrogen-bond donors (Lipinski definition) is 4. The van der Waals surface area contributed by atoms with E-state index in [4.69, 9.17) is 32.3 Å². The predicted octanol–water partition coefficient (Wildman–Crippen LogP) is 26.1. The van der Waals surface area contributed by atoms with Crippen LogP contribution < -0.4 is 0 Å². The quantitative estimate of drug-likeness (QED) is 0.0146. The van der Waals surface area contributed by atoms with Gasteiger partial charge in [-0.05, 0) is 161 Å². The van der Waals surface area contributed by atoms with Crippen LogP contribution >= 0.6 is 15.6 Å². The van der Waals surface area contributed by atoms with Crippen LogP contribution in [-0.2, 0) is 55.8 Å². The van der Waals surface area contributed by atoms with Crippen molar-refractivity contribution in [2.24, 2.45) is 0 Å². The van der Waals surface area contributed by atoms with E-state index >= 15 is 0 Å². The van der Waals surface area contributed by atoms with E-state index in [0.29, 0.717) is 19.3 Å². The van der Waals surface area contributed by atoms with Gasteiger partial charge in [-0.1, -0.05) is 331 Å². The highest BCUT2D eigenvalue weighted by atomic mass is 31.2. The fourth-order valence-electron chi connectivity index (χ4n) is 11.1. The van der Waals surface area contributed by atoms with Crippen LogP contribution in [0.15, 0.2) is 182 Å². The third-order valence-electron chi connectivity index (χ3n) is 17.6. The summed E-state index contributed by atoms with van der Waals surface area (Å²) in [6.07, 6.45) is 109. The lowest BCUT2D eigenvalue weighted by atomic mass is 10.0. The van der Waals surface area contributed by atoms with E-state index in [1.807, 2.05) is 0 Å². The third-order valence-corrected chi connectivity index (χ3v) is 19.5. The summed E-state index contributed by atoms with van der Waals surface area (Å²) in [6, 6.07) is 0. The molecule has 0 aromatic carbocycles. The van der Waals surface area contributed by atoms with Crippen molar-refractivity contribution in [2.75, 3.05) is 39.6 Å². The Morgan fingerprint density at radius 1 is 0.261 bits per heavy atom. The van der Waals surface area contributed by atoms with Gasteiger partial charge in [0.2, 0.25) is 0 Å². The number of esters is 3. The van der Waals surface area contributed by atoms with Crippen LogP contribution in [0, 0.1) is 0 Å². The van der Waals surface area contributed by atoms with E-state index in [1.165, 1.54) is 77.0 Å². The van der Waals surface area contributed by atoms with Gasteiger partial charge in [-0.2, -0.15) is 0 Å². The largest absolute Gasteiger partial charge is 0.472 e. The van der Waals surface area contributed by atoms with E-state index < -0.39 is 91.5 Å². The van der Waals surface area contributed by atoms with Crippen molar-refractivity contribution in [3.8, 4) is 0 Å². The van der Waals surface area contributed by atoms with Crippen molar-refractivity contribution in [1.29, 1.82) is 0 Å². The average molecular weight is 1590 g/mol. The zero-order chi connectivity index (χ0) is 80.8. The number of hydrogen-bond acceptors (Lipinski definition) is 14. The van der Waals surface area contributed by atoms with Crippen LogP contribution in [0.4, 0.5) is 0 Å². The molecular formula is C93H154O16P2. The van der Waals surface area contributed by atoms with Crippen molar-refractivity contribution in [2.45, 2.75) is 347 Å². The number of unbranched alkanes of at least 4 members (excludes halogenated alkanes) is 27. The molecule has 0 aromatic heterocycles. The first-order valence-electron chi connectivity index (χ1n) is 43.1. The number of rotatable bonds is 80. The highest BCUT2D eigenvalue weighted by Gasteiger charge is 2.29. The second-order valence-electron chi connectivity index (χ2n) is 28.2. The monoisotopic (exact) mass is 1590 g/mol. The Kier molecular flexibility index (Phi) is 80.0. The van der Waals surface area contributed by atoms with Crippen molar-refractivity contribution in [1.82, 2.24) is 0 Å². The number of phosphoric acid groups is 2. The molecule has 5 unspecified atom stereocenters. The van der Waals surface area contributed by atoms with Crippen molar-refractivity contribution in [3.63, 3.8) is 0 Å². The predicted molar refractivity (Wildman–Crippen MR) is 463 cm³/mol. The van der Waals surface area contributed by atoms with Gasteiger partial charge in [-0.15, -0.1) is 0 Å². The molecule has 0 rings (SSSR count). The second-order valence-corrected chi connectivity index (χ2v) is 31.1. The summed E-state index contributed by atoms with van der Waals surface area (Å²) in [6.45, 7) is 2.40. The molecule has 0 radical (unpaired) electrons. The maximum atomic E-state index is 13.0. The van der Waals surface area contributed by atoms with Gasteiger partial charge in [0.1, 0.15) is 25.4 Å². The molecule has 0 aliphatic carbocycles. The normalized spacial score (nSPS) is 14.8. The zero-order valence-electron chi connectivity index (χ0n) is 69.3. The number of phosphoric ester groups is 2. The van der Waals surface area contributed by atoms with Crippen LogP contribution in [0.2, 0.25) is 0 Å². The number of carbonyl (C=O) groups excluding carboxylic acids is 3. The molecule has 0 saturated carbocycles. The topological polar surface area (TPSA) is 231 Å². The first kappa shape index (κ1) is 106. The summed E-state index contributed by atoms with van der Waals surface area (Å²) in [4.78, 5) is 58.9. The van der Waals surface area contributed by atoms with Gasteiger partial charge >= 0.3 is 33.6 Å². The highest BCUT2D eigenvalue weighted by molar-refractivity contribution is 7.47. The molecule has 0 aliphatic heterocycles. The summed E-state index contributed by atoms with van der Waals surface area (Å²) >= 11 is 0. The molecule has 0 spiro atoms. The minimum atomic E-state index is -4.95. The van der Waals surface area contributed by atoms with Gasteiger partial charge in [0.15, 0.2) is 6.10 Å². The molecule has 0 bridgehead atoms. The van der Waals surface area contributed by atoms with Crippen molar-refractivity contribution in [3.05, 3.63) is 182 Å². The first-order chi connectivity index (χ1) is 54.2. The maximum absolute atomic E-state index is 13.0. The molecule has 4 N–H and O–H groups in total. The smallest absolute Gasteiger partial charge is 0.463 e. The Morgan fingerprint density at radius 3 is 0.757 bits per heavy atom. The molecule has 632 valence electrons. The Morgan fingerprint density at radius 2 is 0.477 bits per heavy atom. The van der Waals surface area contributed by atoms with E-state index in [-0.39, 0.29) is 19.3 Å². The lowest BCUT2D eigenvalue weighted by Gasteiger charge is -2.21. The molecule has 0 fully saturated rings. The molecular weight excluding hydrogens is 1430 g/mol. The van der Waals surface area contributed by atoms with Crippen LogP contribution in [0.5, 0.6) is 0 Å². The van der Waals surface area contributed by atoms with Gasteiger partial charge in [0.05, 0.1) is 26.4 Å². The SMILES string of the molecule is CC/C=C\C/C=C\C/C=C\C/C=C\C/C=C\C/C=C\CCCCCCCCCCC(=O)OCC(O)COP(=O)(O)OCC(O)COP(=O)(O)OCC(COC(=O)CCCCCCCCCCCCC/C=C\C/C=C\C/C=C\C/C=C\C/C=C\CC)OC(=O)CCCCCCC/C=C\C/C=C\C/C=C\C/C=C\CCCCC. The molecule has 0 saturated heterocycles. The number of ether oxygens (including phenoxy) is 3. The summed E-state index contributed by atoms with van der Waals surface area (Å²) in [5.74, 6) is -1.61. The van der Waals surface area contributed by atoms with E-state index in [9.17, 15) is 43.5 Å². The van der Waals surface area contributed by atoms with Gasteiger partial charge in [0, 0.05) is 19.3 Å². The van der Waals surface area contributed by atoms with Gasteiger partial charge in [-0.3, -0.25) is 32.5 Å². The van der Waals surface area contributed by atoms with Gasteiger partial charge < -0.3 is 34.2 Å². The third kappa shape index (κ3) is 85.4. The average Bonchev–Trinajstić information content (AvgIpc) is 0.889. The number of aliphatic hydroxyl groups is 2. The Balaban J connectivity index is 4.69. The Hall–Kier alpha value is -5.35. The fraction of sp³-hybridized carbons (Fsp3) is 0.645. The Bertz CT molecular complexity index is 2750. The van der Waals surface area contributed by atoms with Crippen LogP contribution in [0.25, 0.3) is 0 Å². The number of carbonyl (C=O) groups is 3. The summed E-state index contributed by atoms with van der Waals surface area (Å²) in [5.41, 5.74) is 0. The summed E-state index contributed by atoms with van der Waals surface area (Å²) in [7, 11) is -9.82. The van der Waals surface area contributed by atoms with E-state index in [0.717, 1.165) is 193 Å². The van der Waals surface area contributed by atoms with Crippen LogP contribution in [0.1, 0.15) is 329 Å². The van der Waals surface area contributed by atoms with E-state index in [2.05, 4.69) is 203 Å². The summed E-state index contributed by atoms with van der Waals surface area (Å²) in [5, 5.41) is 20.7. The molecule has 0 aromatic rings. The lowest BCUT2D eigenvalue weighted by molar-refractivity contribution is -0.161. The van der Waals surface area contributed by atoms with Crippen molar-refractivity contribution < 1.29 is 75.8 Å². The highest BCUT2D eigenvalue weighted by Crippen LogP contribution is 2.45. The van der Waals surface area contributed by atoms with Crippen molar-refractivity contribution >= 4 is 33.6 Å². The Labute approximate surface area is 675 Å². The maximum Gasteiger partial charge on any atom is 0.472 e. The molecule has 18 heteroatoms. The molecule has 0 heterocycles. The fourth-order valence-corrected chi connectivity index (χ4v) is 12.7. The van der Waals surface area contributed by atoms with Crippen LogP contribution in [-0.4, -0.2) is 95.9 Å². The molecule has 0 amide bonds. The van der Waals surface area contributed by atoms with Gasteiger partial charge in [-0.25, -0.2) is 9.13 Å². The number of allylic oxidation sites excluding steroid dienone is 30. The number of aliphatic hydroxyl groups excluding tert-OH is 2. The zero-order valence-corrected chi connectivity index (χ0v) is 71.1. The lowest BCUT2D eigenvalue weighted by Crippen LogP contribution is -2.30. The molecule has 0 aliphatic rings. The first-order valence-corrected chi connectivity index (χ1v) is 46.1.